The van der Waals surface area contributed by atoms with Crippen LogP contribution in [0, 0.1) is 0 Å². The number of furan rings is 1. The molecule has 1 amide bonds. The number of nitrogens with zero attached hydrogens (tertiary/aromatic N) is 2. The summed E-state index contributed by atoms with van der Waals surface area (Å²) in [5, 5.41) is 0. The van der Waals surface area contributed by atoms with Gasteiger partial charge in [-0.3, -0.25) is 4.79 Å². The topological polar surface area (TPSA) is 62.7 Å². The third kappa shape index (κ3) is 3.22. The summed E-state index contributed by atoms with van der Waals surface area (Å²) in [6.45, 7) is 8.48. The zero-order valence-corrected chi connectivity index (χ0v) is 12.5. The molecule has 1 aliphatic heterocycles. The van der Waals surface area contributed by atoms with Crippen LogP contribution in [0.1, 0.15) is 43.0 Å². The molecule has 2 rings (SSSR count). The lowest BCUT2D eigenvalue weighted by atomic mass is 10.0. The average molecular weight is 279 g/mol. The van der Waals surface area contributed by atoms with Crippen LogP contribution in [0.2, 0.25) is 0 Å². The van der Waals surface area contributed by atoms with Gasteiger partial charge in [0.1, 0.15) is 5.76 Å². The smallest absolute Gasteiger partial charge is 0.289 e. The zero-order chi connectivity index (χ0) is 14.5. The molecule has 112 valence electrons. The van der Waals surface area contributed by atoms with Gasteiger partial charge >= 0.3 is 0 Å². The van der Waals surface area contributed by atoms with Gasteiger partial charge in [0, 0.05) is 19.1 Å². The van der Waals surface area contributed by atoms with E-state index in [9.17, 15) is 4.79 Å². The Morgan fingerprint density at radius 2 is 2.00 bits per heavy atom. The molecule has 0 unspecified atom stereocenters. The molecule has 1 aromatic heterocycles. The molecule has 2 heterocycles. The average Bonchev–Trinajstić information content (AvgIpc) is 2.97. The second-order valence-electron chi connectivity index (χ2n) is 5.21. The van der Waals surface area contributed by atoms with E-state index < -0.39 is 0 Å². The van der Waals surface area contributed by atoms with E-state index in [0.29, 0.717) is 24.1 Å². The second-order valence-corrected chi connectivity index (χ2v) is 5.21. The largest absolute Gasteiger partial charge is 0.455 e. The van der Waals surface area contributed by atoms with E-state index >= 15 is 0 Å². The number of amides is 1. The second kappa shape index (κ2) is 6.90. The Morgan fingerprint density at radius 3 is 2.50 bits per heavy atom. The molecule has 1 saturated heterocycles. The maximum absolute atomic E-state index is 12.3. The van der Waals surface area contributed by atoms with Gasteiger partial charge in [-0.15, -0.1) is 0 Å². The number of carbonyl (C=O) groups is 1. The van der Waals surface area contributed by atoms with Crippen LogP contribution in [0.3, 0.4) is 0 Å². The molecule has 0 saturated carbocycles. The van der Waals surface area contributed by atoms with Crippen LogP contribution in [0.4, 0.5) is 0 Å². The molecule has 0 radical (unpaired) electrons. The predicted octanol–water partition coefficient (Wildman–Crippen LogP) is 1.68. The summed E-state index contributed by atoms with van der Waals surface area (Å²) in [6, 6.07) is 4.10. The standard InChI is InChI=1S/C15H25N3O2/c1-3-17(4-2)12-7-9-18(10-8-12)15(19)14-6-5-13(11-16)20-14/h5-6,12H,3-4,7-11,16H2,1-2H3. The Labute approximate surface area is 120 Å². The number of hydrogen-bond donors (Lipinski definition) is 1. The first-order valence-electron chi connectivity index (χ1n) is 7.51. The molecule has 1 aromatic rings. The zero-order valence-electron chi connectivity index (χ0n) is 12.5. The van der Waals surface area contributed by atoms with Crippen molar-refractivity contribution >= 4 is 5.91 Å². The van der Waals surface area contributed by atoms with E-state index in [1.807, 2.05) is 4.90 Å². The first kappa shape index (κ1) is 15.1. The summed E-state index contributed by atoms with van der Waals surface area (Å²) in [5.41, 5.74) is 5.50. The Balaban J connectivity index is 1.91. The minimum absolute atomic E-state index is 0.0114. The SMILES string of the molecule is CCN(CC)C1CCN(C(=O)c2ccc(CN)o2)CC1. The highest BCUT2D eigenvalue weighted by Crippen LogP contribution is 2.19. The highest BCUT2D eigenvalue weighted by molar-refractivity contribution is 5.91. The maximum Gasteiger partial charge on any atom is 0.289 e. The van der Waals surface area contributed by atoms with E-state index in [4.69, 9.17) is 10.2 Å². The lowest BCUT2D eigenvalue weighted by molar-refractivity contribution is 0.0600. The fraction of sp³-hybridized carbons (Fsp3) is 0.667. The van der Waals surface area contributed by atoms with Gasteiger partial charge in [-0.2, -0.15) is 0 Å². The van der Waals surface area contributed by atoms with Gasteiger partial charge in [0.05, 0.1) is 6.54 Å². The number of likely N-dealkylation sites (tertiary alicyclic amines) is 1. The quantitative estimate of drug-likeness (QED) is 0.891. The van der Waals surface area contributed by atoms with Crippen molar-refractivity contribution < 1.29 is 9.21 Å². The van der Waals surface area contributed by atoms with Crippen LogP contribution < -0.4 is 5.73 Å². The minimum Gasteiger partial charge on any atom is -0.455 e. The lowest BCUT2D eigenvalue weighted by Crippen LogP contribution is -2.46. The number of carbonyl (C=O) groups excluding carboxylic acids is 1. The van der Waals surface area contributed by atoms with Crippen molar-refractivity contribution in [3.05, 3.63) is 23.7 Å². The number of hydrogen-bond acceptors (Lipinski definition) is 4. The van der Waals surface area contributed by atoms with Crippen molar-refractivity contribution in [2.24, 2.45) is 5.73 Å². The monoisotopic (exact) mass is 279 g/mol. The van der Waals surface area contributed by atoms with Gasteiger partial charge < -0.3 is 20.0 Å². The fourth-order valence-electron chi connectivity index (χ4n) is 2.93. The van der Waals surface area contributed by atoms with Gasteiger partial charge in [-0.1, -0.05) is 13.8 Å². The fourth-order valence-corrected chi connectivity index (χ4v) is 2.93. The lowest BCUT2D eigenvalue weighted by Gasteiger charge is -2.37. The molecule has 2 N–H and O–H groups in total. The Kier molecular flexibility index (Phi) is 5.20. The normalized spacial score (nSPS) is 16.9. The molecule has 0 aromatic carbocycles. The molecular formula is C15H25N3O2. The maximum atomic E-state index is 12.3. The van der Waals surface area contributed by atoms with Crippen LogP contribution in [0.15, 0.2) is 16.5 Å². The first-order chi connectivity index (χ1) is 9.69. The van der Waals surface area contributed by atoms with E-state index in [1.165, 1.54) is 0 Å². The molecule has 5 nitrogen and oxygen atoms in total. The van der Waals surface area contributed by atoms with Crippen LogP contribution in [-0.2, 0) is 6.54 Å². The van der Waals surface area contributed by atoms with Gasteiger partial charge in [-0.05, 0) is 38.1 Å². The number of nitrogens with two attached hydrogens (primary N) is 1. The van der Waals surface area contributed by atoms with Crippen molar-refractivity contribution in [1.29, 1.82) is 0 Å². The van der Waals surface area contributed by atoms with E-state index in [0.717, 1.165) is 39.0 Å². The summed E-state index contributed by atoms with van der Waals surface area (Å²) >= 11 is 0. The van der Waals surface area contributed by atoms with Gasteiger partial charge in [-0.25, -0.2) is 0 Å². The Bertz CT molecular complexity index is 432. The molecule has 1 aliphatic rings. The Morgan fingerprint density at radius 1 is 1.35 bits per heavy atom. The first-order valence-corrected chi connectivity index (χ1v) is 7.51. The Hall–Kier alpha value is -1.33. The van der Waals surface area contributed by atoms with Crippen LogP contribution in [0.5, 0.6) is 0 Å². The van der Waals surface area contributed by atoms with Crippen molar-refractivity contribution in [1.82, 2.24) is 9.80 Å². The molecule has 20 heavy (non-hydrogen) atoms. The number of piperidine rings is 1. The highest BCUT2D eigenvalue weighted by atomic mass is 16.4. The summed E-state index contributed by atoms with van der Waals surface area (Å²) in [4.78, 5) is 16.7. The van der Waals surface area contributed by atoms with Crippen molar-refractivity contribution in [2.75, 3.05) is 26.2 Å². The van der Waals surface area contributed by atoms with Gasteiger partial charge in [0.2, 0.25) is 0 Å². The highest BCUT2D eigenvalue weighted by Gasteiger charge is 2.27. The molecule has 0 bridgehead atoms. The van der Waals surface area contributed by atoms with E-state index in [-0.39, 0.29) is 5.91 Å². The summed E-state index contributed by atoms with van der Waals surface area (Å²) in [6.07, 6.45) is 2.08. The molecule has 1 fully saturated rings. The van der Waals surface area contributed by atoms with Crippen LogP contribution in [-0.4, -0.2) is 47.9 Å². The summed E-state index contributed by atoms with van der Waals surface area (Å²) in [7, 11) is 0. The summed E-state index contributed by atoms with van der Waals surface area (Å²) < 4.78 is 5.44. The minimum atomic E-state index is -0.0114. The van der Waals surface area contributed by atoms with Crippen molar-refractivity contribution in [3.63, 3.8) is 0 Å². The molecule has 0 atom stereocenters. The van der Waals surface area contributed by atoms with E-state index in [1.54, 1.807) is 12.1 Å². The van der Waals surface area contributed by atoms with Crippen molar-refractivity contribution in [2.45, 2.75) is 39.3 Å². The van der Waals surface area contributed by atoms with Gasteiger partial charge in [0.25, 0.3) is 5.91 Å². The third-order valence-electron chi connectivity index (χ3n) is 4.15. The van der Waals surface area contributed by atoms with Crippen molar-refractivity contribution in [3.8, 4) is 0 Å². The number of rotatable bonds is 5. The van der Waals surface area contributed by atoms with Gasteiger partial charge in [0.15, 0.2) is 5.76 Å². The van der Waals surface area contributed by atoms with E-state index in [2.05, 4.69) is 18.7 Å². The predicted molar refractivity (Wildman–Crippen MR) is 78.4 cm³/mol. The molecule has 0 aliphatic carbocycles. The van der Waals surface area contributed by atoms with Crippen LogP contribution >= 0.6 is 0 Å². The third-order valence-corrected chi connectivity index (χ3v) is 4.15. The van der Waals surface area contributed by atoms with Crippen LogP contribution in [0.25, 0.3) is 0 Å². The molecular weight excluding hydrogens is 254 g/mol. The molecule has 0 spiro atoms. The summed E-state index contributed by atoms with van der Waals surface area (Å²) in [5.74, 6) is 1.06. The molecule has 5 heteroatoms.